The molecule has 192 valence electrons. The third-order valence-corrected chi connectivity index (χ3v) is 7.63. The molecule has 2 heterocycles. The van der Waals surface area contributed by atoms with Gasteiger partial charge >= 0.3 is 0 Å². The van der Waals surface area contributed by atoms with E-state index in [4.69, 9.17) is 0 Å². The zero-order valence-corrected chi connectivity index (χ0v) is 22.0. The lowest BCUT2D eigenvalue weighted by Gasteiger charge is -2.22. The first-order valence-electron chi connectivity index (χ1n) is 13.2. The van der Waals surface area contributed by atoms with Crippen molar-refractivity contribution in [3.8, 4) is 11.5 Å². The Kier molecular flexibility index (Phi) is 6.74. The highest BCUT2D eigenvalue weighted by molar-refractivity contribution is 5.92. The van der Waals surface area contributed by atoms with Gasteiger partial charge in [-0.05, 0) is 69.2 Å². The molecular weight excluding hydrogens is 460 g/mol. The van der Waals surface area contributed by atoms with Crippen molar-refractivity contribution in [1.29, 1.82) is 0 Å². The quantitative estimate of drug-likeness (QED) is 0.167. The van der Waals surface area contributed by atoms with Crippen LogP contribution >= 0.6 is 0 Å². The topological polar surface area (TPSA) is 78.5 Å². The lowest BCUT2D eigenvalue weighted by molar-refractivity contribution is 0.399. The lowest BCUT2D eigenvalue weighted by atomic mass is 9.84. The average Bonchev–Trinajstić information content (AvgIpc) is 3.53. The molecule has 0 aliphatic carbocycles. The number of para-hydroxylation sites is 1. The number of aromatic hydroxyl groups is 2. The largest absolute Gasteiger partial charge is 0.504 e. The number of phenolic OH excluding ortho intramolecular Hbond substituents is 2. The Morgan fingerprint density at radius 3 is 1.59 bits per heavy atom. The molecule has 2 aromatic heterocycles. The zero-order chi connectivity index (χ0) is 26.1. The molecule has 3 aromatic carbocycles. The summed E-state index contributed by atoms with van der Waals surface area (Å²) in [5.74, 6) is -0.487. The fourth-order valence-electron chi connectivity index (χ4n) is 5.61. The van der Waals surface area contributed by atoms with Crippen LogP contribution < -0.4 is 9.80 Å². The number of aromatic amines is 2. The number of fused-ring (bicyclic) bond motifs is 2. The second-order valence-electron chi connectivity index (χ2n) is 9.44. The molecule has 0 atom stereocenters. The molecule has 0 spiro atoms. The van der Waals surface area contributed by atoms with E-state index in [0.29, 0.717) is 5.56 Å². The summed E-state index contributed by atoms with van der Waals surface area (Å²) in [4.78, 5) is 11.6. The van der Waals surface area contributed by atoms with Crippen molar-refractivity contribution in [2.24, 2.45) is 0 Å². The molecule has 0 fully saturated rings. The molecule has 6 nitrogen and oxygen atoms in total. The van der Waals surface area contributed by atoms with Crippen molar-refractivity contribution in [1.82, 2.24) is 9.97 Å². The van der Waals surface area contributed by atoms with Gasteiger partial charge in [0.15, 0.2) is 11.5 Å². The minimum atomic E-state index is -0.284. The summed E-state index contributed by atoms with van der Waals surface area (Å²) in [5.41, 5.74) is 7.23. The minimum absolute atomic E-state index is 0.0873. The molecule has 4 N–H and O–H groups in total. The van der Waals surface area contributed by atoms with Gasteiger partial charge in [-0.25, -0.2) is 0 Å². The molecule has 5 aromatic rings. The number of anilines is 2. The van der Waals surface area contributed by atoms with E-state index in [1.165, 1.54) is 17.4 Å². The number of hydrogen-bond acceptors (Lipinski definition) is 4. The Balaban J connectivity index is 1.70. The maximum Gasteiger partial charge on any atom is 0.161 e. The summed E-state index contributed by atoms with van der Waals surface area (Å²) in [6.07, 6.45) is 4.07. The predicted octanol–water partition coefficient (Wildman–Crippen LogP) is 6.93. The first-order valence-corrected chi connectivity index (χ1v) is 13.2. The molecule has 0 saturated heterocycles. The molecule has 0 unspecified atom stereocenters. The second-order valence-corrected chi connectivity index (χ2v) is 9.44. The fraction of sp³-hybridized carbons (Fsp3) is 0.290. The summed E-state index contributed by atoms with van der Waals surface area (Å²) in [6, 6.07) is 18.2. The Morgan fingerprint density at radius 1 is 0.649 bits per heavy atom. The second kappa shape index (κ2) is 10.1. The molecule has 0 amide bonds. The van der Waals surface area contributed by atoms with Gasteiger partial charge in [-0.1, -0.05) is 24.3 Å². The molecular formula is C31H36N4O2. The van der Waals surface area contributed by atoms with Gasteiger partial charge in [-0.2, -0.15) is 0 Å². The summed E-state index contributed by atoms with van der Waals surface area (Å²) >= 11 is 0. The highest BCUT2D eigenvalue weighted by Crippen LogP contribution is 2.45. The van der Waals surface area contributed by atoms with Crippen LogP contribution in [-0.4, -0.2) is 46.4 Å². The lowest BCUT2D eigenvalue weighted by Crippen LogP contribution is -2.21. The number of nitrogens with zero attached hydrogens (tertiary/aromatic N) is 2. The Bertz CT molecular complexity index is 1440. The van der Waals surface area contributed by atoms with Crippen LogP contribution in [0.5, 0.6) is 11.5 Å². The summed E-state index contributed by atoms with van der Waals surface area (Å²) in [5, 5.41) is 23.6. The number of H-pyrrole nitrogens is 2. The van der Waals surface area contributed by atoms with Crippen LogP contribution in [0.3, 0.4) is 0 Å². The fourth-order valence-corrected chi connectivity index (χ4v) is 5.61. The molecule has 0 radical (unpaired) electrons. The normalized spacial score (nSPS) is 11.6. The third-order valence-electron chi connectivity index (χ3n) is 7.63. The van der Waals surface area contributed by atoms with E-state index in [9.17, 15) is 10.2 Å². The predicted molar refractivity (Wildman–Crippen MR) is 154 cm³/mol. The van der Waals surface area contributed by atoms with Crippen molar-refractivity contribution in [2.75, 3.05) is 36.0 Å². The van der Waals surface area contributed by atoms with Gasteiger partial charge in [0.05, 0.1) is 0 Å². The molecule has 0 aliphatic rings. The van der Waals surface area contributed by atoms with Crippen LogP contribution in [0.25, 0.3) is 21.8 Å². The number of aromatic nitrogens is 2. The van der Waals surface area contributed by atoms with Crippen LogP contribution in [0.2, 0.25) is 0 Å². The maximum atomic E-state index is 11.0. The van der Waals surface area contributed by atoms with Crippen molar-refractivity contribution in [3.63, 3.8) is 0 Å². The molecule has 0 aliphatic heterocycles. The van der Waals surface area contributed by atoms with Gasteiger partial charge in [-0.15, -0.1) is 0 Å². The first kappa shape index (κ1) is 24.6. The monoisotopic (exact) mass is 496 g/mol. The van der Waals surface area contributed by atoms with Crippen molar-refractivity contribution in [2.45, 2.75) is 33.6 Å². The van der Waals surface area contributed by atoms with Gasteiger partial charge in [0, 0.05) is 83.2 Å². The van der Waals surface area contributed by atoms with Gasteiger partial charge in [-0.3, -0.25) is 0 Å². The van der Waals surface area contributed by atoms with E-state index < -0.39 is 0 Å². The highest BCUT2D eigenvalue weighted by Gasteiger charge is 2.27. The Morgan fingerprint density at radius 2 is 1.14 bits per heavy atom. The third kappa shape index (κ3) is 4.26. The van der Waals surface area contributed by atoms with Crippen LogP contribution in [0.1, 0.15) is 50.3 Å². The van der Waals surface area contributed by atoms with E-state index >= 15 is 0 Å². The van der Waals surface area contributed by atoms with Gasteiger partial charge in [0.1, 0.15) is 0 Å². The number of benzene rings is 3. The van der Waals surface area contributed by atoms with Crippen LogP contribution in [0, 0.1) is 0 Å². The molecule has 6 heteroatoms. The van der Waals surface area contributed by atoms with Crippen LogP contribution in [-0.2, 0) is 0 Å². The van der Waals surface area contributed by atoms with E-state index in [1.54, 1.807) is 6.07 Å². The molecule has 0 saturated carbocycles. The van der Waals surface area contributed by atoms with Crippen molar-refractivity contribution in [3.05, 3.63) is 83.7 Å². The van der Waals surface area contributed by atoms with E-state index in [0.717, 1.165) is 59.1 Å². The molecule has 37 heavy (non-hydrogen) atoms. The van der Waals surface area contributed by atoms with Crippen molar-refractivity contribution >= 4 is 33.2 Å². The minimum Gasteiger partial charge on any atom is -0.504 e. The van der Waals surface area contributed by atoms with Crippen LogP contribution in [0.4, 0.5) is 11.4 Å². The SMILES string of the molecule is CCN(CC)c1ccc2c(C(c3cccc(O)c3O)c3c[nH]c4cc(N(CC)CC)ccc34)c[nH]c2c1. The molecule has 0 bridgehead atoms. The van der Waals surface area contributed by atoms with Gasteiger partial charge < -0.3 is 30.0 Å². The molecule has 5 rings (SSSR count). The van der Waals surface area contributed by atoms with Crippen LogP contribution in [0.15, 0.2) is 67.0 Å². The van der Waals surface area contributed by atoms with Crippen molar-refractivity contribution < 1.29 is 10.2 Å². The van der Waals surface area contributed by atoms with E-state index in [1.807, 2.05) is 18.5 Å². The average molecular weight is 497 g/mol. The Labute approximate surface area is 218 Å². The first-order chi connectivity index (χ1) is 18.0. The Hall–Kier alpha value is -4.06. The van der Waals surface area contributed by atoms with Gasteiger partial charge in [0.2, 0.25) is 0 Å². The highest BCUT2D eigenvalue weighted by atomic mass is 16.3. The number of hydrogen-bond donors (Lipinski definition) is 4. The summed E-state index contributed by atoms with van der Waals surface area (Å²) < 4.78 is 0. The number of rotatable bonds is 9. The number of phenols is 2. The zero-order valence-electron chi connectivity index (χ0n) is 22.0. The maximum absolute atomic E-state index is 11.0. The summed E-state index contributed by atoms with van der Waals surface area (Å²) in [7, 11) is 0. The van der Waals surface area contributed by atoms with E-state index in [-0.39, 0.29) is 17.4 Å². The van der Waals surface area contributed by atoms with E-state index in [2.05, 4.69) is 83.9 Å². The standard InChI is InChI=1S/C31H36N4O2/c1-5-34(6-2)20-12-14-22-25(18-32-27(22)16-20)30(24-10-9-11-29(36)31(24)37)26-19-33-28-17-21(13-15-23(26)28)35(7-3)8-4/h9-19,30,32-33,36-37H,5-8H2,1-4H3. The summed E-state index contributed by atoms with van der Waals surface area (Å²) in [6.45, 7) is 12.4. The van der Waals surface area contributed by atoms with Gasteiger partial charge in [0.25, 0.3) is 0 Å². The number of nitrogens with one attached hydrogen (secondary N) is 2. The smallest absolute Gasteiger partial charge is 0.161 e.